The van der Waals surface area contributed by atoms with E-state index in [1.54, 1.807) is 6.07 Å². The largest absolute Gasteiger partial charge is 0.478 e. The first kappa shape index (κ1) is 14.0. The zero-order valence-corrected chi connectivity index (χ0v) is 11.5. The number of carboxylic acid groups (broad SMARTS) is 1. The Labute approximate surface area is 117 Å². The molecule has 0 bridgehead atoms. The molecule has 0 fully saturated rings. The monoisotopic (exact) mass is 268 g/mol. The molecule has 3 heteroatoms. The van der Waals surface area contributed by atoms with Crippen LogP contribution in [0.1, 0.15) is 34.6 Å². The molecule has 2 aromatic carbocycles. The molecule has 1 N–H and O–H groups in total. The van der Waals surface area contributed by atoms with Gasteiger partial charge in [-0.25, -0.2) is 4.79 Å². The molecule has 0 radical (unpaired) electrons. The number of aromatic carboxylic acids is 1. The quantitative estimate of drug-likeness (QED) is 0.856. The van der Waals surface area contributed by atoms with Crippen molar-refractivity contribution in [1.29, 1.82) is 0 Å². The van der Waals surface area contributed by atoms with Crippen LogP contribution in [0.2, 0.25) is 0 Å². The Morgan fingerprint density at radius 3 is 2.20 bits per heavy atom. The molecule has 0 saturated heterocycles. The molecule has 0 heterocycles. The Hall–Kier alpha value is -2.42. The molecule has 0 aromatic heterocycles. The lowest BCUT2D eigenvalue weighted by Gasteiger charge is -2.12. The average molecular weight is 268 g/mol. The molecule has 102 valence electrons. The molecule has 0 unspecified atom stereocenters. The number of hydrogen-bond donors (Lipinski definition) is 1. The van der Waals surface area contributed by atoms with Gasteiger partial charge in [0.05, 0.1) is 5.56 Å². The van der Waals surface area contributed by atoms with E-state index in [0.29, 0.717) is 5.56 Å². The van der Waals surface area contributed by atoms with E-state index >= 15 is 0 Å². The van der Waals surface area contributed by atoms with E-state index in [0.717, 1.165) is 11.1 Å². The van der Waals surface area contributed by atoms with Crippen LogP contribution in [0.5, 0.6) is 0 Å². The van der Waals surface area contributed by atoms with Crippen molar-refractivity contribution in [2.24, 2.45) is 5.92 Å². The second-order valence-electron chi connectivity index (χ2n) is 4.95. The summed E-state index contributed by atoms with van der Waals surface area (Å²) in [5.74, 6) is -1.25. The number of ketones is 1. The summed E-state index contributed by atoms with van der Waals surface area (Å²) in [5, 5.41) is 9.08. The fraction of sp³-hybridized carbons (Fsp3) is 0.176. The van der Waals surface area contributed by atoms with Gasteiger partial charge in [0, 0.05) is 11.5 Å². The average Bonchev–Trinajstić information content (AvgIpc) is 2.46. The summed E-state index contributed by atoms with van der Waals surface area (Å²) in [6.07, 6.45) is 0. The van der Waals surface area contributed by atoms with Gasteiger partial charge in [-0.15, -0.1) is 0 Å². The molecule has 0 saturated carbocycles. The van der Waals surface area contributed by atoms with Gasteiger partial charge in [0.25, 0.3) is 0 Å². The highest BCUT2D eigenvalue weighted by Gasteiger charge is 2.18. The van der Waals surface area contributed by atoms with Crippen molar-refractivity contribution in [3.63, 3.8) is 0 Å². The second-order valence-corrected chi connectivity index (χ2v) is 4.95. The van der Waals surface area contributed by atoms with Crippen molar-refractivity contribution >= 4 is 11.8 Å². The van der Waals surface area contributed by atoms with Gasteiger partial charge < -0.3 is 5.11 Å². The normalized spacial score (nSPS) is 10.6. The predicted octanol–water partition coefficient (Wildman–Crippen LogP) is 3.89. The highest BCUT2D eigenvalue weighted by Crippen LogP contribution is 2.26. The van der Waals surface area contributed by atoms with Gasteiger partial charge in [0.1, 0.15) is 0 Å². The van der Waals surface area contributed by atoms with E-state index in [-0.39, 0.29) is 17.3 Å². The van der Waals surface area contributed by atoms with Crippen molar-refractivity contribution in [1.82, 2.24) is 0 Å². The molecule has 0 amide bonds. The number of Topliss-reactive ketones (excluding diaryl/α,β-unsaturated/α-hetero) is 1. The summed E-state index contributed by atoms with van der Waals surface area (Å²) >= 11 is 0. The minimum absolute atomic E-state index is 0.0491. The Bertz CT molecular complexity index is 643. The smallest absolute Gasteiger partial charge is 0.335 e. The van der Waals surface area contributed by atoms with Crippen LogP contribution in [0.25, 0.3) is 11.1 Å². The number of carbonyl (C=O) groups excluding carboxylic acids is 1. The summed E-state index contributed by atoms with van der Waals surface area (Å²) in [6, 6.07) is 14.2. The van der Waals surface area contributed by atoms with Gasteiger partial charge in [0.15, 0.2) is 5.78 Å². The minimum Gasteiger partial charge on any atom is -0.478 e. The van der Waals surface area contributed by atoms with Crippen LogP contribution in [0.3, 0.4) is 0 Å². The summed E-state index contributed by atoms with van der Waals surface area (Å²) in [5.41, 5.74) is 2.28. The van der Waals surface area contributed by atoms with Crippen molar-refractivity contribution < 1.29 is 14.7 Å². The molecule has 0 atom stereocenters. The Balaban J connectivity index is 2.62. The summed E-state index contributed by atoms with van der Waals surface area (Å²) < 4.78 is 0. The summed E-state index contributed by atoms with van der Waals surface area (Å²) in [7, 11) is 0. The standard InChI is InChI=1S/C17H16O3/c1-11(2)16(18)15-10-13(17(19)20)8-9-14(15)12-6-4-3-5-7-12/h3-11H,1-2H3,(H,19,20). The third kappa shape index (κ3) is 2.77. The molecule has 0 aliphatic heterocycles. The zero-order chi connectivity index (χ0) is 14.7. The van der Waals surface area contributed by atoms with E-state index in [4.69, 9.17) is 5.11 Å². The van der Waals surface area contributed by atoms with Gasteiger partial charge in [-0.2, -0.15) is 0 Å². The third-order valence-electron chi connectivity index (χ3n) is 3.14. The minimum atomic E-state index is -1.03. The van der Waals surface area contributed by atoms with Crippen LogP contribution >= 0.6 is 0 Å². The van der Waals surface area contributed by atoms with Crippen molar-refractivity contribution in [2.45, 2.75) is 13.8 Å². The van der Waals surface area contributed by atoms with Gasteiger partial charge in [-0.3, -0.25) is 4.79 Å². The fourth-order valence-electron chi connectivity index (χ4n) is 2.06. The van der Waals surface area contributed by atoms with Crippen LogP contribution in [0.4, 0.5) is 0 Å². The van der Waals surface area contributed by atoms with E-state index in [9.17, 15) is 9.59 Å². The summed E-state index contributed by atoms with van der Waals surface area (Å²) in [6.45, 7) is 3.62. The van der Waals surface area contributed by atoms with E-state index < -0.39 is 5.97 Å². The Morgan fingerprint density at radius 2 is 1.65 bits per heavy atom. The van der Waals surface area contributed by atoms with Gasteiger partial charge in [-0.05, 0) is 23.3 Å². The van der Waals surface area contributed by atoms with Gasteiger partial charge >= 0.3 is 5.97 Å². The van der Waals surface area contributed by atoms with Crippen molar-refractivity contribution in [3.8, 4) is 11.1 Å². The number of carbonyl (C=O) groups is 2. The topological polar surface area (TPSA) is 54.4 Å². The molecular weight excluding hydrogens is 252 g/mol. The van der Waals surface area contributed by atoms with Gasteiger partial charge in [-0.1, -0.05) is 50.2 Å². The lowest BCUT2D eigenvalue weighted by Crippen LogP contribution is -2.10. The highest BCUT2D eigenvalue weighted by atomic mass is 16.4. The molecular formula is C17H16O3. The lowest BCUT2D eigenvalue weighted by molar-refractivity contribution is 0.0697. The second kappa shape index (κ2) is 5.70. The van der Waals surface area contributed by atoms with Gasteiger partial charge in [0.2, 0.25) is 0 Å². The van der Waals surface area contributed by atoms with Crippen LogP contribution < -0.4 is 0 Å². The molecule has 3 nitrogen and oxygen atoms in total. The van der Waals surface area contributed by atoms with Crippen LogP contribution in [0, 0.1) is 5.92 Å². The first-order chi connectivity index (χ1) is 9.50. The van der Waals surface area contributed by atoms with Crippen LogP contribution in [0.15, 0.2) is 48.5 Å². The van der Waals surface area contributed by atoms with Crippen LogP contribution in [-0.2, 0) is 0 Å². The zero-order valence-electron chi connectivity index (χ0n) is 11.5. The Kier molecular flexibility index (Phi) is 3.99. The molecule has 2 rings (SSSR count). The number of hydrogen-bond acceptors (Lipinski definition) is 2. The van der Waals surface area contributed by atoms with E-state index in [1.807, 2.05) is 44.2 Å². The number of benzene rings is 2. The van der Waals surface area contributed by atoms with E-state index in [2.05, 4.69) is 0 Å². The molecule has 0 spiro atoms. The first-order valence-electron chi connectivity index (χ1n) is 6.47. The first-order valence-corrected chi connectivity index (χ1v) is 6.47. The fourth-order valence-corrected chi connectivity index (χ4v) is 2.06. The maximum atomic E-state index is 12.3. The highest BCUT2D eigenvalue weighted by molar-refractivity contribution is 6.05. The lowest BCUT2D eigenvalue weighted by atomic mass is 9.91. The summed E-state index contributed by atoms with van der Waals surface area (Å²) in [4.78, 5) is 23.4. The maximum Gasteiger partial charge on any atom is 0.335 e. The van der Waals surface area contributed by atoms with Crippen molar-refractivity contribution in [2.75, 3.05) is 0 Å². The third-order valence-corrected chi connectivity index (χ3v) is 3.14. The number of rotatable bonds is 4. The molecule has 20 heavy (non-hydrogen) atoms. The molecule has 0 aliphatic carbocycles. The van der Waals surface area contributed by atoms with Crippen LogP contribution in [-0.4, -0.2) is 16.9 Å². The number of carboxylic acids is 1. The molecule has 2 aromatic rings. The maximum absolute atomic E-state index is 12.3. The Morgan fingerprint density at radius 1 is 1.00 bits per heavy atom. The predicted molar refractivity (Wildman–Crippen MR) is 78.0 cm³/mol. The van der Waals surface area contributed by atoms with E-state index in [1.165, 1.54) is 12.1 Å². The van der Waals surface area contributed by atoms with Crippen molar-refractivity contribution in [3.05, 3.63) is 59.7 Å². The SMILES string of the molecule is CC(C)C(=O)c1cc(C(=O)O)ccc1-c1ccccc1. The molecule has 0 aliphatic rings.